The van der Waals surface area contributed by atoms with E-state index in [-0.39, 0.29) is 23.1 Å². The van der Waals surface area contributed by atoms with Crippen LogP contribution in [0.3, 0.4) is 0 Å². The molecule has 2 N–H and O–H groups in total. The Morgan fingerprint density at radius 1 is 1.38 bits per heavy atom. The lowest BCUT2D eigenvalue weighted by Crippen LogP contribution is -2.18. The molecule has 0 aliphatic carbocycles. The molecule has 0 spiro atoms. The number of rotatable bonds is 3. The van der Waals surface area contributed by atoms with Crippen LogP contribution in [0.1, 0.15) is 24.2 Å². The Morgan fingerprint density at radius 3 is 2.76 bits per heavy atom. The van der Waals surface area contributed by atoms with E-state index < -0.39 is 0 Å². The molecular weight excluding hydrogens is 268 g/mol. The Balaban J connectivity index is 1.92. The van der Waals surface area contributed by atoms with Gasteiger partial charge in [-0.05, 0) is 25.3 Å². The molecule has 1 atom stereocenters. The maximum atomic E-state index is 12.2. The Morgan fingerprint density at radius 2 is 2.14 bits per heavy atom. The summed E-state index contributed by atoms with van der Waals surface area (Å²) in [6, 6.07) is 7.41. The van der Waals surface area contributed by atoms with Crippen molar-refractivity contribution in [3.63, 3.8) is 0 Å². The van der Waals surface area contributed by atoms with Crippen LogP contribution in [0.5, 0.6) is 5.88 Å². The van der Waals surface area contributed by atoms with Crippen molar-refractivity contribution >= 4 is 0 Å². The van der Waals surface area contributed by atoms with E-state index in [0.29, 0.717) is 17.8 Å². The first-order valence-corrected chi connectivity index (χ1v) is 7.14. The molecule has 1 aliphatic rings. The zero-order valence-corrected chi connectivity index (χ0v) is 11.9. The van der Waals surface area contributed by atoms with E-state index in [4.69, 9.17) is 4.74 Å². The summed E-state index contributed by atoms with van der Waals surface area (Å²) in [5.74, 6) is 0.246. The van der Waals surface area contributed by atoms with Crippen LogP contribution >= 0.6 is 0 Å². The van der Waals surface area contributed by atoms with Crippen LogP contribution in [-0.2, 0) is 11.2 Å². The zero-order chi connectivity index (χ0) is 14.8. The number of aryl methyl sites for hydroxylation is 1. The third-order valence-corrected chi connectivity index (χ3v) is 3.73. The second kappa shape index (κ2) is 5.69. The third-order valence-electron chi connectivity index (χ3n) is 3.73. The van der Waals surface area contributed by atoms with Gasteiger partial charge in [-0.25, -0.2) is 0 Å². The van der Waals surface area contributed by atoms with Gasteiger partial charge in [-0.3, -0.25) is 4.79 Å². The van der Waals surface area contributed by atoms with E-state index in [2.05, 4.69) is 9.97 Å². The number of aromatic nitrogens is 2. The van der Waals surface area contributed by atoms with Gasteiger partial charge in [0, 0.05) is 13.0 Å². The number of hydrogen-bond acceptors (Lipinski definition) is 4. The molecule has 1 aliphatic heterocycles. The van der Waals surface area contributed by atoms with E-state index in [1.54, 1.807) is 12.1 Å². The number of aromatic hydroxyl groups is 1. The van der Waals surface area contributed by atoms with Gasteiger partial charge in [-0.2, -0.15) is 4.98 Å². The summed E-state index contributed by atoms with van der Waals surface area (Å²) in [6.45, 7) is 2.72. The van der Waals surface area contributed by atoms with Crippen LogP contribution in [-0.4, -0.2) is 27.8 Å². The quantitative estimate of drug-likeness (QED) is 0.906. The largest absolute Gasteiger partial charge is 0.493 e. The molecule has 1 unspecified atom stereocenters. The van der Waals surface area contributed by atoms with Crippen LogP contribution in [0, 0.1) is 6.92 Å². The van der Waals surface area contributed by atoms with Gasteiger partial charge in [0.05, 0.1) is 6.10 Å². The van der Waals surface area contributed by atoms with E-state index in [1.165, 1.54) is 0 Å². The molecule has 1 saturated heterocycles. The lowest BCUT2D eigenvalue weighted by Gasteiger charge is -2.10. The first-order chi connectivity index (χ1) is 10.1. The fraction of sp³-hybridized carbons (Fsp3) is 0.375. The zero-order valence-electron chi connectivity index (χ0n) is 11.9. The average Bonchev–Trinajstić information content (AvgIpc) is 2.93. The summed E-state index contributed by atoms with van der Waals surface area (Å²) in [5, 5.41) is 10.1. The van der Waals surface area contributed by atoms with Gasteiger partial charge in [0.25, 0.3) is 5.56 Å². The highest BCUT2D eigenvalue weighted by atomic mass is 16.5. The average molecular weight is 286 g/mol. The standard InChI is InChI=1S/C16H18N2O3/c1-10-4-6-11(7-5-10)14-15(19)17-13(18-16(14)20)9-12-3-2-8-21-12/h4-7,12H,2-3,8-9H2,1H3,(H2,17,18,19,20). The molecule has 5 nitrogen and oxygen atoms in total. The Labute approximate surface area is 122 Å². The molecule has 5 heteroatoms. The SMILES string of the molecule is Cc1ccc(-c2c(O)nc(CC3CCCO3)[nH]c2=O)cc1. The second-order valence-corrected chi connectivity index (χ2v) is 5.42. The van der Waals surface area contributed by atoms with Crippen molar-refractivity contribution in [1.29, 1.82) is 0 Å². The van der Waals surface area contributed by atoms with Crippen LogP contribution in [0.25, 0.3) is 11.1 Å². The molecule has 21 heavy (non-hydrogen) atoms. The van der Waals surface area contributed by atoms with Gasteiger partial charge >= 0.3 is 0 Å². The first-order valence-electron chi connectivity index (χ1n) is 7.14. The van der Waals surface area contributed by atoms with Gasteiger partial charge < -0.3 is 14.8 Å². The van der Waals surface area contributed by atoms with E-state index in [9.17, 15) is 9.90 Å². The highest BCUT2D eigenvalue weighted by molar-refractivity contribution is 5.67. The fourth-order valence-corrected chi connectivity index (χ4v) is 2.60. The summed E-state index contributed by atoms with van der Waals surface area (Å²) >= 11 is 0. The normalized spacial score (nSPS) is 18.0. The number of aromatic amines is 1. The third kappa shape index (κ3) is 2.97. The minimum Gasteiger partial charge on any atom is -0.493 e. The highest BCUT2D eigenvalue weighted by Gasteiger charge is 2.19. The van der Waals surface area contributed by atoms with Gasteiger partial charge in [0.15, 0.2) is 0 Å². The lowest BCUT2D eigenvalue weighted by atomic mass is 10.1. The van der Waals surface area contributed by atoms with Crippen molar-refractivity contribution in [3.05, 3.63) is 46.0 Å². The number of hydrogen-bond donors (Lipinski definition) is 2. The van der Waals surface area contributed by atoms with Crippen LogP contribution in [0.2, 0.25) is 0 Å². The summed E-state index contributed by atoms with van der Waals surface area (Å²) in [4.78, 5) is 19.1. The minimum atomic E-state index is -0.320. The molecule has 1 aromatic carbocycles. The van der Waals surface area contributed by atoms with Crippen molar-refractivity contribution in [1.82, 2.24) is 9.97 Å². The topological polar surface area (TPSA) is 75.2 Å². The van der Waals surface area contributed by atoms with Crippen molar-refractivity contribution in [3.8, 4) is 17.0 Å². The molecule has 0 amide bonds. The molecular formula is C16H18N2O3. The van der Waals surface area contributed by atoms with Crippen LogP contribution < -0.4 is 5.56 Å². The van der Waals surface area contributed by atoms with Crippen molar-refractivity contribution in [2.45, 2.75) is 32.3 Å². The molecule has 1 fully saturated rings. The predicted octanol–water partition coefficient (Wildman–Crippen LogP) is 2.17. The summed E-state index contributed by atoms with van der Waals surface area (Å²) < 4.78 is 5.52. The summed E-state index contributed by atoms with van der Waals surface area (Å²) in [7, 11) is 0. The molecule has 2 aromatic rings. The van der Waals surface area contributed by atoms with Crippen LogP contribution in [0.4, 0.5) is 0 Å². The molecule has 0 radical (unpaired) electrons. The number of nitrogens with one attached hydrogen (secondary N) is 1. The predicted molar refractivity (Wildman–Crippen MR) is 79.4 cm³/mol. The second-order valence-electron chi connectivity index (χ2n) is 5.42. The van der Waals surface area contributed by atoms with E-state index >= 15 is 0 Å². The molecule has 110 valence electrons. The van der Waals surface area contributed by atoms with Gasteiger partial charge in [0.2, 0.25) is 5.88 Å². The van der Waals surface area contributed by atoms with Crippen molar-refractivity contribution in [2.24, 2.45) is 0 Å². The fourth-order valence-electron chi connectivity index (χ4n) is 2.60. The molecule has 0 saturated carbocycles. The molecule has 1 aromatic heterocycles. The minimum absolute atomic E-state index is 0.0813. The summed E-state index contributed by atoms with van der Waals surface area (Å²) in [6.07, 6.45) is 2.60. The monoisotopic (exact) mass is 286 g/mol. The van der Waals surface area contributed by atoms with E-state index in [1.807, 2.05) is 19.1 Å². The molecule has 0 bridgehead atoms. The number of benzene rings is 1. The first kappa shape index (κ1) is 13.8. The Kier molecular flexibility index (Phi) is 3.75. The van der Waals surface area contributed by atoms with Gasteiger partial charge in [-0.1, -0.05) is 29.8 Å². The van der Waals surface area contributed by atoms with Gasteiger partial charge in [-0.15, -0.1) is 0 Å². The Bertz CT molecular complexity index is 686. The Hall–Kier alpha value is -2.14. The highest BCUT2D eigenvalue weighted by Crippen LogP contribution is 2.24. The maximum Gasteiger partial charge on any atom is 0.262 e. The maximum absolute atomic E-state index is 12.2. The number of nitrogens with zero attached hydrogens (tertiary/aromatic N) is 1. The smallest absolute Gasteiger partial charge is 0.262 e. The number of ether oxygens (including phenoxy) is 1. The lowest BCUT2D eigenvalue weighted by molar-refractivity contribution is 0.109. The van der Waals surface area contributed by atoms with E-state index in [0.717, 1.165) is 25.0 Å². The number of H-pyrrole nitrogens is 1. The molecule has 2 heterocycles. The molecule has 3 rings (SSSR count). The van der Waals surface area contributed by atoms with Crippen LogP contribution in [0.15, 0.2) is 29.1 Å². The van der Waals surface area contributed by atoms with Crippen molar-refractivity contribution in [2.75, 3.05) is 6.61 Å². The van der Waals surface area contributed by atoms with Crippen molar-refractivity contribution < 1.29 is 9.84 Å². The summed E-state index contributed by atoms with van der Waals surface area (Å²) in [5.41, 5.74) is 1.65. The van der Waals surface area contributed by atoms with Gasteiger partial charge in [0.1, 0.15) is 11.4 Å².